The van der Waals surface area contributed by atoms with Crippen molar-refractivity contribution in [3.63, 3.8) is 0 Å². The maximum absolute atomic E-state index is 7.07. The predicted molar refractivity (Wildman–Crippen MR) is 273 cm³/mol. The van der Waals surface area contributed by atoms with Crippen molar-refractivity contribution >= 4 is 68.5 Å². The van der Waals surface area contributed by atoms with Gasteiger partial charge in [-0.3, -0.25) is 0 Å². The van der Waals surface area contributed by atoms with E-state index in [2.05, 4.69) is 247 Å². The van der Waals surface area contributed by atoms with Crippen LogP contribution in [0.25, 0.3) is 60.9 Å². The van der Waals surface area contributed by atoms with Crippen LogP contribution in [-0.2, 0) is 0 Å². The van der Waals surface area contributed by atoms with Crippen molar-refractivity contribution in [3.8, 4) is 56.3 Å². The molecule has 0 atom stereocenters. The minimum atomic E-state index is -2.71. The Morgan fingerprint density at radius 3 is 1.52 bits per heavy atom. The van der Waals surface area contributed by atoms with Gasteiger partial charge in [0.25, 0.3) is 0 Å². The number of benzene rings is 10. The molecule has 13 rings (SSSR count). The molecule has 10 aromatic carbocycles. The van der Waals surface area contributed by atoms with Gasteiger partial charge in [0.1, 0.15) is 17.2 Å². The molecule has 2 aliphatic heterocycles. The monoisotopic (exact) mass is 845 g/mol. The summed E-state index contributed by atoms with van der Waals surface area (Å²) in [7, 11) is -2.71. The first kappa shape index (κ1) is 37.4. The second-order valence-electron chi connectivity index (χ2n) is 17.1. The van der Waals surface area contributed by atoms with Crippen LogP contribution in [-0.4, -0.2) is 19.6 Å². The molecule has 65 heavy (non-hydrogen) atoms. The van der Waals surface area contributed by atoms with Crippen LogP contribution in [0.1, 0.15) is 0 Å². The van der Waals surface area contributed by atoms with Crippen molar-refractivity contribution in [1.82, 2.24) is 4.57 Å². The number of nitrogens with zero attached hydrogens (tertiary/aromatic N) is 1. The Morgan fingerprint density at radius 2 is 0.877 bits per heavy atom. The third-order valence-corrected chi connectivity index (χ3v) is 18.4. The van der Waals surface area contributed by atoms with Gasteiger partial charge in [0, 0.05) is 32.9 Å². The largest absolute Gasteiger partial charge is 0.551 e. The predicted octanol–water partition coefficient (Wildman–Crippen LogP) is 10.8. The summed E-state index contributed by atoms with van der Waals surface area (Å²) in [6.45, 7) is -0.308. The summed E-state index contributed by atoms with van der Waals surface area (Å²) in [5, 5.41) is 7.93. The van der Waals surface area contributed by atoms with Gasteiger partial charge in [-0.1, -0.05) is 194 Å². The normalized spacial score (nSPS) is 12.5. The molecule has 0 N–H and O–H groups in total. The van der Waals surface area contributed by atoms with Gasteiger partial charge in [0.05, 0.1) is 11.0 Å². The fourth-order valence-electron chi connectivity index (χ4n) is 10.7. The van der Waals surface area contributed by atoms with Crippen molar-refractivity contribution in [1.29, 1.82) is 0 Å². The lowest BCUT2D eigenvalue weighted by atomic mass is 9.50. The summed E-state index contributed by atoms with van der Waals surface area (Å²) in [6.07, 6.45) is 0. The first-order chi connectivity index (χ1) is 32.2. The summed E-state index contributed by atoms with van der Waals surface area (Å²) >= 11 is 0. The molecule has 2 aliphatic rings. The molecule has 0 bridgehead atoms. The Bertz CT molecular complexity index is 3460. The minimum absolute atomic E-state index is 0.308. The zero-order valence-electron chi connectivity index (χ0n) is 35.4. The number of para-hydroxylation sites is 2. The van der Waals surface area contributed by atoms with E-state index in [1.165, 1.54) is 48.1 Å². The van der Waals surface area contributed by atoms with E-state index in [0.717, 1.165) is 61.7 Å². The van der Waals surface area contributed by atoms with E-state index >= 15 is 0 Å². The summed E-state index contributed by atoms with van der Waals surface area (Å²) in [6, 6.07) is 88.4. The van der Waals surface area contributed by atoms with Crippen LogP contribution < -0.4 is 41.1 Å². The van der Waals surface area contributed by atoms with Gasteiger partial charge >= 0.3 is 6.92 Å². The van der Waals surface area contributed by atoms with Crippen LogP contribution in [0.5, 0.6) is 17.2 Å². The Balaban J connectivity index is 0.871. The molecule has 0 saturated heterocycles. The molecule has 1 aromatic heterocycles. The molecule has 0 unspecified atom stereocenters. The van der Waals surface area contributed by atoms with Crippen molar-refractivity contribution in [2.24, 2.45) is 0 Å². The van der Waals surface area contributed by atoms with E-state index in [1.807, 2.05) is 0 Å². The molecule has 5 heteroatoms. The molecule has 0 fully saturated rings. The highest BCUT2D eigenvalue weighted by Gasteiger charge is 2.43. The number of aromatic nitrogens is 1. The van der Waals surface area contributed by atoms with E-state index in [0.29, 0.717) is 0 Å². The zero-order valence-corrected chi connectivity index (χ0v) is 36.4. The molecule has 0 aliphatic carbocycles. The first-order valence-corrected chi connectivity index (χ1v) is 24.3. The number of hydrogen-bond acceptors (Lipinski definition) is 2. The van der Waals surface area contributed by atoms with E-state index in [-0.39, 0.29) is 6.92 Å². The Hall–Kier alpha value is -8.12. The minimum Gasteiger partial charge on any atom is -0.551 e. The number of ether oxygens (including phenoxy) is 1. The molecule has 304 valence electrons. The average Bonchev–Trinajstić information content (AvgIpc) is 3.72. The van der Waals surface area contributed by atoms with Gasteiger partial charge in [-0.15, -0.1) is 0 Å². The van der Waals surface area contributed by atoms with Crippen LogP contribution >= 0.6 is 0 Å². The number of fused-ring (bicyclic) bond motifs is 7. The molecular formula is C60H40BNO2Si. The molecule has 0 amide bonds. The van der Waals surface area contributed by atoms with Gasteiger partial charge in [0.15, 0.2) is 8.07 Å². The highest BCUT2D eigenvalue weighted by molar-refractivity contribution is 7.19. The first-order valence-electron chi connectivity index (χ1n) is 22.3. The summed E-state index contributed by atoms with van der Waals surface area (Å²) < 4.78 is 16.1. The molecule has 0 saturated carbocycles. The quantitative estimate of drug-likeness (QED) is 0.118. The highest BCUT2D eigenvalue weighted by Crippen LogP contribution is 2.41. The van der Waals surface area contributed by atoms with Crippen LogP contribution in [0.15, 0.2) is 243 Å². The van der Waals surface area contributed by atoms with Crippen molar-refractivity contribution in [3.05, 3.63) is 243 Å². The van der Waals surface area contributed by atoms with Crippen LogP contribution in [0.3, 0.4) is 0 Å². The molecule has 0 spiro atoms. The maximum atomic E-state index is 7.07. The van der Waals surface area contributed by atoms with Crippen molar-refractivity contribution in [2.75, 3.05) is 0 Å². The summed E-state index contributed by atoms with van der Waals surface area (Å²) in [4.78, 5) is 0. The van der Waals surface area contributed by atoms with E-state index in [4.69, 9.17) is 9.39 Å². The van der Waals surface area contributed by atoms with Gasteiger partial charge < -0.3 is 14.0 Å². The number of hydrogen-bond donors (Lipinski definition) is 0. The van der Waals surface area contributed by atoms with E-state index in [1.54, 1.807) is 0 Å². The van der Waals surface area contributed by atoms with E-state index in [9.17, 15) is 0 Å². The molecule has 0 radical (unpaired) electrons. The second kappa shape index (κ2) is 15.0. The SMILES string of the molecule is c1ccc([Si](c2ccccc2)(c2ccccc2)c2cccc(-c3ccc4c(c3)-c3cccc5c3B(O4)c3cc(-c4ccc(-n6c7ccccc7c7ccccc76)cc4)ccc3O5)c2)cc1. The molecule has 3 nitrogen and oxygen atoms in total. The molecule has 3 heterocycles. The van der Waals surface area contributed by atoms with Gasteiger partial charge in [0.2, 0.25) is 0 Å². The van der Waals surface area contributed by atoms with Crippen molar-refractivity contribution in [2.45, 2.75) is 0 Å². The van der Waals surface area contributed by atoms with Crippen molar-refractivity contribution < 1.29 is 9.39 Å². The summed E-state index contributed by atoms with van der Waals surface area (Å²) in [5.74, 6) is 2.53. The Morgan fingerprint density at radius 1 is 0.354 bits per heavy atom. The lowest BCUT2D eigenvalue weighted by Crippen LogP contribution is -2.74. The smallest absolute Gasteiger partial charge is 0.434 e. The topological polar surface area (TPSA) is 23.4 Å². The van der Waals surface area contributed by atoms with Gasteiger partial charge in [-0.2, -0.15) is 0 Å². The van der Waals surface area contributed by atoms with Crippen LogP contribution in [0, 0.1) is 0 Å². The summed E-state index contributed by atoms with van der Waals surface area (Å²) in [5.41, 5.74) is 12.4. The highest BCUT2D eigenvalue weighted by atomic mass is 28.3. The van der Waals surface area contributed by atoms with Crippen LogP contribution in [0.4, 0.5) is 0 Å². The third-order valence-electron chi connectivity index (χ3n) is 13.6. The average molecular weight is 846 g/mol. The molecule has 11 aromatic rings. The Kier molecular flexibility index (Phi) is 8.65. The van der Waals surface area contributed by atoms with E-state index < -0.39 is 8.07 Å². The standard InChI is InChI=1S/C60H40BNO2Si/c1-4-17-46(18-5-1)65(47-19-6-2-7-20-47,48-21-8-3-9-22-48)49-23-14-16-42(38-49)43-32-36-57-53(39-43)52-26-15-29-59-60(52)61(64-57)54-40-44(33-37-58(54)63-59)41-30-34-45(35-31-41)62-55-27-12-10-24-50(55)51-25-11-13-28-56(51)62/h1-40H. The molecular weight excluding hydrogens is 806 g/mol. The lowest BCUT2D eigenvalue weighted by molar-refractivity contribution is 0.479. The third kappa shape index (κ3) is 5.90. The van der Waals surface area contributed by atoms with Crippen LogP contribution in [0.2, 0.25) is 0 Å². The fourth-order valence-corrected chi connectivity index (χ4v) is 15.5. The maximum Gasteiger partial charge on any atom is 0.434 e. The Labute approximate surface area is 379 Å². The van der Waals surface area contributed by atoms with Gasteiger partial charge in [-0.05, 0) is 97.1 Å². The van der Waals surface area contributed by atoms with Gasteiger partial charge in [-0.25, -0.2) is 0 Å². The fraction of sp³-hybridized carbons (Fsp3) is 0. The zero-order chi connectivity index (χ0) is 42.9. The number of rotatable bonds is 7. The second-order valence-corrected chi connectivity index (χ2v) is 20.9. The lowest BCUT2D eigenvalue weighted by Gasteiger charge is -2.35.